The van der Waals surface area contributed by atoms with Crippen molar-refractivity contribution in [3.63, 3.8) is 0 Å². The summed E-state index contributed by atoms with van der Waals surface area (Å²) in [4.78, 5) is 21.1. The van der Waals surface area contributed by atoms with Crippen molar-refractivity contribution in [3.8, 4) is 0 Å². The molecule has 16 heteroatoms. The van der Waals surface area contributed by atoms with Crippen molar-refractivity contribution in [1.29, 1.82) is 5.41 Å². The number of halogens is 6. The molecule has 0 spiro atoms. The van der Waals surface area contributed by atoms with Crippen molar-refractivity contribution in [3.05, 3.63) is 52.6 Å². The van der Waals surface area contributed by atoms with E-state index in [1.54, 1.807) is 6.08 Å². The molecule has 1 saturated carbocycles. The normalized spacial score (nSPS) is 22.2. The smallest absolute Gasteiger partial charge is 0.306 e. The number of aliphatic imine (C=N–C) groups is 1. The molecular weight excluding hydrogens is 554 g/mol. The van der Waals surface area contributed by atoms with Crippen LogP contribution in [0.3, 0.4) is 0 Å². The summed E-state index contributed by atoms with van der Waals surface area (Å²) in [6.07, 6.45) is -6.36. The van der Waals surface area contributed by atoms with Crippen LogP contribution in [0.25, 0.3) is 6.08 Å². The van der Waals surface area contributed by atoms with Gasteiger partial charge in [-0.2, -0.15) is 35.7 Å². The summed E-state index contributed by atoms with van der Waals surface area (Å²) in [5, 5.41) is 13.1. The summed E-state index contributed by atoms with van der Waals surface area (Å²) in [7, 11) is -3.87. The first-order valence-corrected chi connectivity index (χ1v) is 12.9. The number of carbonyl (C=O) groups is 1. The van der Waals surface area contributed by atoms with Crippen LogP contribution in [0.1, 0.15) is 46.6 Å². The number of fused-ring (bicyclic) bond motifs is 2. The summed E-state index contributed by atoms with van der Waals surface area (Å²) >= 11 is 0. The van der Waals surface area contributed by atoms with Crippen LogP contribution in [-0.4, -0.2) is 70.8 Å². The number of alkyl halides is 6. The minimum Gasteiger partial charge on any atom is -0.306 e. The lowest BCUT2D eigenvalue weighted by Crippen LogP contribution is -2.54. The molecule has 9 nitrogen and oxygen atoms in total. The van der Waals surface area contributed by atoms with Crippen LogP contribution in [-0.2, 0) is 22.6 Å². The number of aromatic nitrogens is 3. The SMILES string of the molecule is CN=C(C=N)S(=O)(=O)N(CC(F)(F)F)[C@H]1CCC2=Cc3[nH]ncc3C[C@]2(C(=O)c2ccc(C(F)(F)F)cn2)C1. The summed E-state index contributed by atoms with van der Waals surface area (Å²) in [5.74, 6) is -0.750. The topological polar surface area (TPSA) is 132 Å². The molecule has 0 bridgehead atoms. The first-order chi connectivity index (χ1) is 18.1. The number of hydrogen-bond donors (Lipinski definition) is 2. The number of hydrogen-bond acceptors (Lipinski definition) is 7. The highest BCUT2D eigenvalue weighted by Gasteiger charge is 2.53. The van der Waals surface area contributed by atoms with Gasteiger partial charge in [0, 0.05) is 19.3 Å². The minimum absolute atomic E-state index is 0.0164. The van der Waals surface area contributed by atoms with E-state index in [4.69, 9.17) is 5.41 Å². The minimum atomic E-state index is -4.96. The molecule has 4 rings (SSSR count). The van der Waals surface area contributed by atoms with Crippen LogP contribution in [0.5, 0.6) is 0 Å². The van der Waals surface area contributed by atoms with Gasteiger partial charge in [0.1, 0.15) is 12.2 Å². The van der Waals surface area contributed by atoms with Crippen LogP contribution in [0.4, 0.5) is 26.3 Å². The van der Waals surface area contributed by atoms with Crippen molar-refractivity contribution in [2.24, 2.45) is 10.4 Å². The van der Waals surface area contributed by atoms with E-state index in [0.717, 1.165) is 13.1 Å². The van der Waals surface area contributed by atoms with E-state index in [9.17, 15) is 39.6 Å². The van der Waals surface area contributed by atoms with Gasteiger partial charge in [-0.3, -0.25) is 19.9 Å². The second-order valence-electron chi connectivity index (χ2n) is 9.26. The van der Waals surface area contributed by atoms with E-state index >= 15 is 0 Å². The molecule has 0 radical (unpaired) electrons. The van der Waals surface area contributed by atoms with Crippen LogP contribution < -0.4 is 0 Å². The van der Waals surface area contributed by atoms with E-state index < -0.39 is 63.2 Å². The number of nitrogens with zero attached hydrogens (tertiary/aromatic N) is 4. The molecule has 39 heavy (non-hydrogen) atoms. The zero-order valence-corrected chi connectivity index (χ0v) is 21.1. The Morgan fingerprint density at radius 1 is 1.26 bits per heavy atom. The largest absolute Gasteiger partial charge is 0.417 e. The molecule has 2 N–H and O–H groups in total. The lowest BCUT2D eigenvalue weighted by molar-refractivity contribution is -0.140. The quantitative estimate of drug-likeness (QED) is 0.232. The molecule has 2 aromatic rings. The van der Waals surface area contributed by atoms with Crippen molar-refractivity contribution < 1.29 is 39.6 Å². The molecule has 0 amide bonds. The molecule has 0 aliphatic heterocycles. The Labute approximate surface area is 218 Å². The van der Waals surface area contributed by atoms with Gasteiger partial charge in [0.25, 0.3) is 10.0 Å². The number of allylic oxidation sites excluding steroid dienone is 1. The van der Waals surface area contributed by atoms with Gasteiger partial charge in [-0.05, 0) is 49.5 Å². The second kappa shape index (κ2) is 9.97. The molecule has 2 aromatic heterocycles. The zero-order valence-electron chi connectivity index (χ0n) is 20.3. The highest BCUT2D eigenvalue weighted by molar-refractivity contribution is 8.06. The van der Waals surface area contributed by atoms with Gasteiger partial charge in [0.2, 0.25) is 0 Å². The lowest BCUT2D eigenvalue weighted by Gasteiger charge is -2.46. The molecule has 210 valence electrons. The first-order valence-electron chi connectivity index (χ1n) is 11.5. The van der Waals surface area contributed by atoms with Crippen LogP contribution in [0.2, 0.25) is 0 Å². The number of sulfonamides is 1. The van der Waals surface area contributed by atoms with Gasteiger partial charge in [0.15, 0.2) is 10.8 Å². The van der Waals surface area contributed by atoms with E-state index in [1.165, 1.54) is 6.20 Å². The molecule has 0 aromatic carbocycles. The van der Waals surface area contributed by atoms with Crippen molar-refractivity contribution >= 4 is 33.1 Å². The number of ketones is 1. The van der Waals surface area contributed by atoms with Crippen LogP contribution in [0, 0.1) is 10.8 Å². The van der Waals surface area contributed by atoms with Gasteiger partial charge >= 0.3 is 12.4 Å². The fourth-order valence-corrected chi connectivity index (χ4v) is 6.65. The number of pyridine rings is 1. The predicted molar refractivity (Wildman–Crippen MR) is 128 cm³/mol. The van der Waals surface area contributed by atoms with E-state index in [-0.39, 0.29) is 29.3 Å². The third-order valence-corrected chi connectivity index (χ3v) is 8.80. The Morgan fingerprint density at radius 2 is 1.97 bits per heavy atom. The molecule has 2 atom stereocenters. The maximum Gasteiger partial charge on any atom is 0.417 e. The second-order valence-corrected chi connectivity index (χ2v) is 11.1. The molecule has 0 saturated heterocycles. The molecule has 2 aliphatic rings. The van der Waals surface area contributed by atoms with Gasteiger partial charge in [-0.15, -0.1) is 0 Å². The molecule has 1 fully saturated rings. The number of Topliss-reactive ketones (excluding diaryl/α,β-unsaturated/α-hetero) is 1. The molecule has 0 unspecified atom stereocenters. The van der Waals surface area contributed by atoms with Crippen molar-refractivity contribution in [2.45, 2.75) is 44.1 Å². The molecular formula is C23H22F6N6O3S. The van der Waals surface area contributed by atoms with E-state index in [0.29, 0.717) is 35.3 Å². The standard InChI is InChI=1S/C23H22F6N6O3S/c1-31-19(9-30)39(37,38)35(12-22(24,25)26)16-4-2-14-6-18-13(10-33-34-18)7-21(14,8-16)20(36)17-5-3-15(11-32-17)23(27,28)29/h3,5-6,9-11,16,30H,2,4,7-8,12H2,1H3,(H,33,34)/t16-,21-/m0/s1. The Balaban J connectivity index is 1.81. The van der Waals surface area contributed by atoms with Gasteiger partial charge < -0.3 is 5.41 Å². The predicted octanol–water partition coefficient (Wildman–Crippen LogP) is 4.06. The summed E-state index contributed by atoms with van der Waals surface area (Å²) in [5.41, 5.74) is -1.46. The molecule has 2 heterocycles. The number of rotatable bonds is 6. The third-order valence-electron chi connectivity index (χ3n) is 6.93. The fraction of sp³-hybridized carbons (Fsp3) is 0.435. The Bertz CT molecular complexity index is 1450. The average molecular weight is 577 g/mol. The van der Waals surface area contributed by atoms with Gasteiger partial charge in [0.05, 0.1) is 29.1 Å². The van der Waals surface area contributed by atoms with E-state index in [2.05, 4.69) is 20.2 Å². The lowest BCUT2D eigenvalue weighted by atomic mass is 9.60. The monoisotopic (exact) mass is 576 g/mol. The highest BCUT2D eigenvalue weighted by Crippen LogP contribution is 2.51. The summed E-state index contributed by atoms with van der Waals surface area (Å²) in [6, 6.07) is 0.228. The number of H-pyrrole nitrogens is 1. The Morgan fingerprint density at radius 3 is 2.54 bits per heavy atom. The Kier molecular flexibility index (Phi) is 7.31. The Hall–Kier alpha value is -3.40. The van der Waals surface area contributed by atoms with Gasteiger partial charge in [-0.1, -0.05) is 5.57 Å². The fourth-order valence-electron chi connectivity index (χ4n) is 5.15. The number of carbonyl (C=O) groups excluding carboxylic acids is 1. The van der Waals surface area contributed by atoms with Crippen molar-refractivity contribution in [1.82, 2.24) is 19.5 Å². The third kappa shape index (κ3) is 5.39. The van der Waals surface area contributed by atoms with E-state index in [1.807, 2.05) is 0 Å². The molecule has 2 aliphatic carbocycles. The van der Waals surface area contributed by atoms with Crippen LogP contribution >= 0.6 is 0 Å². The maximum absolute atomic E-state index is 13.9. The highest BCUT2D eigenvalue weighted by atomic mass is 32.2. The van der Waals surface area contributed by atoms with Gasteiger partial charge in [-0.25, -0.2) is 8.42 Å². The first kappa shape index (κ1) is 28.6. The summed E-state index contributed by atoms with van der Waals surface area (Å²) < 4.78 is 107. The average Bonchev–Trinajstić information content (AvgIpc) is 3.31. The zero-order chi connectivity index (χ0) is 28.8. The van der Waals surface area contributed by atoms with Crippen LogP contribution in [0.15, 0.2) is 35.1 Å². The van der Waals surface area contributed by atoms with Crippen molar-refractivity contribution in [2.75, 3.05) is 13.6 Å². The summed E-state index contributed by atoms with van der Waals surface area (Å²) in [6.45, 7) is -1.88. The number of nitrogens with one attached hydrogen (secondary N) is 2. The maximum atomic E-state index is 13.9. The number of aromatic amines is 1.